The first-order valence-electron chi connectivity index (χ1n) is 10.2. The van der Waals surface area contributed by atoms with E-state index in [4.69, 9.17) is 0 Å². The Morgan fingerprint density at radius 3 is 1.92 bits per heavy atom. The molecule has 3 rings (SSSR count). The van der Waals surface area contributed by atoms with Gasteiger partial charge in [0.1, 0.15) is 6.67 Å². The third-order valence-corrected chi connectivity index (χ3v) is 6.42. The molecule has 0 aromatic heterocycles. The molecule has 0 atom stereocenters. The third-order valence-electron chi connectivity index (χ3n) is 6.42. The SMILES string of the molecule is CC1(C)CC(c2ccccc2C2CCN(CCF)CC2)CC(C)(C)C1.Cl. The van der Waals surface area contributed by atoms with E-state index in [0.29, 0.717) is 29.2 Å². The molecule has 0 radical (unpaired) electrons. The maximum atomic E-state index is 12.6. The molecule has 2 fully saturated rings. The van der Waals surface area contributed by atoms with Gasteiger partial charge < -0.3 is 4.90 Å². The highest BCUT2D eigenvalue weighted by atomic mass is 35.5. The highest BCUT2D eigenvalue weighted by molar-refractivity contribution is 5.85. The van der Waals surface area contributed by atoms with Crippen LogP contribution in [0.25, 0.3) is 0 Å². The molecule has 1 saturated heterocycles. The van der Waals surface area contributed by atoms with E-state index in [1.165, 1.54) is 32.1 Å². The van der Waals surface area contributed by atoms with Crippen molar-refractivity contribution in [3.05, 3.63) is 35.4 Å². The van der Waals surface area contributed by atoms with Gasteiger partial charge in [-0.3, -0.25) is 0 Å². The fraction of sp³-hybridized carbons (Fsp3) is 0.739. The van der Waals surface area contributed by atoms with E-state index in [1.807, 2.05) is 0 Å². The molecular formula is C23H37ClFN. The quantitative estimate of drug-likeness (QED) is 0.569. The topological polar surface area (TPSA) is 3.24 Å². The number of hydrogen-bond donors (Lipinski definition) is 0. The van der Waals surface area contributed by atoms with Crippen molar-refractivity contribution in [1.29, 1.82) is 0 Å². The van der Waals surface area contributed by atoms with Gasteiger partial charge >= 0.3 is 0 Å². The summed E-state index contributed by atoms with van der Waals surface area (Å²) in [6, 6.07) is 9.21. The smallest absolute Gasteiger partial charge is 0.102 e. The summed E-state index contributed by atoms with van der Waals surface area (Å²) in [5.41, 5.74) is 4.03. The molecule has 1 aromatic rings. The van der Waals surface area contributed by atoms with Gasteiger partial charge in [-0.1, -0.05) is 52.0 Å². The lowest BCUT2D eigenvalue weighted by Gasteiger charge is -2.46. The Balaban J connectivity index is 0.00000243. The molecule has 0 unspecified atom stereocenters. The summed E-state index contributed by atoms with van der Waals surface area (Å²) < 4.78 is 12.6. The van der Waals surface area contributed by atoms with Crippen molar-refractivity contribution < 1.29 is 4.39 Å². The Bertz CT molecular complexity index is 559. The van der Waals surface area contributed by atoms with Crippen LogP contribution >= 0.6 is 12.4 Å². The molecule has 1 aliphatic carbocycles. The molecular weight excluding hydrogens is 345 g/mol. The molecule has 0 amide bonds. The van der Waals surface area contributed by atoms with Gasteiger partial charge in [-0.05, 0) is 79.0 Å². The lowest BCUT2D eigenvalue weighted by Crippen LogP contribution is -2.35. The molecule has 0 spiro atoms. The van der Waals surface area contributed by atoms with Crippen molar-refractivity contribution in [1.82, 2.24) is 4.90 Å². The predicted octanol–water partition coefficient (Wildman–Crippen LogP) is 6.58. The van der Waals surface area contributed by atoms with Crippen molar-refractivity contribution in [3.8, 4) is 0 Å². The molecule has 1 heterocycles. The monoisotopic (exact) mass is 381 g/mol. The summed E-state index contributed by atoms with van der Waals surface area (Å²) in [5.74, 6) is 1.33. The normalized spacial score (nSPS) is 24.2. The van der Waals surface area contributed by atoms with Crippen LogP contribution in [0, 0.1) is 10.8 Å². The molecule has 0 bridgehead atoms. The van der Waals surface area contributed by atoms with E-state index in [1.54, 1.807) is 11.1 Å². The standard InChI is InChI=1S/C23H36FN.ClH/c1-22(2)15-19(16-23(3,4)17-22)21-8-6-5-7-20(21)18-9-12-25(13-10-18)14-11-24;/h5-8,18-19H,9-17H2,1-4H3;1H. The van der Waals surface area contributed by atoms with Gasteiger partial charge in [-0.15, -0.1) is 12.4 Å². The first-order valence-corrected chi connectivity index (χ1v) is 10.2. The van der Waals surface area contributed by atoms with Crippen molar-refractivity contribution in [2.24, 2.45) is 10.8 Å². The second kappa shape index (κ2) is 8.61. The van der Waals surface area contributed by atoms with Crippen LogP contribution in [0.4, 0.5) is 4.39 Å². The average Bonchev–Trinajstić information content (AvgIpc) is 2.53. The van der Waals surface area contributed by atoms with Gasteiger partial charge in [0.25, 0.3) is 0 Å². The first-order chi connectivity index (χ1) is 11.8. The van der Waals surface area contributed by atoms with Crippen LogP contribution in [-0.2, 0) is 0 Å². The Kier molecular flexibility index (Phi) is 7.18. The number of nitrogens with zero attached hydrogens (tertiary/aromatic N) is 1. The Labute approximate surface area is 166 Å². The van der Waals surface area contributed by atoms with Crippen molar-refractivity contribution in [2.45, 2.75) is 71.6 Å². The van der Waals surface area contributed by atoms with Gasteiger partial charge in [0.05, 0.1) is 0 Å². The van der Waals surface area contributed by atoms with E-state index in [9.17, 15) is 4.39 Å². The van der Waals surface area contributed by atoms with Crippen LogP contribution in [-0.4, -0.2) is 31.2 Å². The minimum Gasteiger partial charge on any atom is -0.301 e. The molecule has 3 heteroatoms. The Morgan fingerprint density at radius 1 is 0.923 bits per heavy atom. The number of alkyl halides is 1. The highest BCUT2D eigenvalue weighted by Crippen LogP contribution is 2.52. The zero-order chi connectivity index (χ0) is 18.1. The average molecular weight is 382 g/mol. The summed E-state index contributed by atoms with van der Waals surface area (Å²) in [7, 11) is 0. The van der Waals surface area contributed by atoms with Crippen molar-refractivity contribution in [3.63, 3.8) is 0 Å². The minimum atomic E-state index is -0.215. The van der Waals surface area contributed by atoms with Crippen LogP contribution in [0.5, 0.6) is 0 Å². The summed E-state index contributed by atoms with van der Waals surface area (Å²) in [6.45, 7) is 12.3. The van der Waals surface area contributed by atoms with E-state index < -0.39 is 0 Å². The molecule has 1 aliphatic heterocycles. The molecule has 148 valence electrons. The predicted molar refractivity (Wildman–Crippen MR) is 112 cm³/mol. The van der Waals surface area contributed by atoms with Gasteiger partial charge in [-0.2, -0.15) is 0 Å². The zero-order valence-corrected chi connectivity index (χ0v) is 17.9. The van der Waals surface area contributed by atoms with E-state index in [0.717, 1.165) is 13.1 Å². The first kappa shape index (κ1) is 21.7. The van der Waals surface area contributed by atoms with Crippen LogP contribution < -0.4 is 0 Å². The molecule has 1 nitrogen and oxygen atoms in total. The van der Waals surface area contributed by atoms with Gasteiger partial charge in [0.2, 0.25) is 0 Å². The molecule has 2 aliphatic rings. The van der Waals surface area contributed by atoms with Crippen LogP contribution in [0.3, 0.4) is 0 Å². The fourth-order valence-corrected chi connectivity index (χ4v) is 5.91. The number of benzene rings is 1. The highest BCUT2D eigenvalue weighted by Gasteiger charge is 2.39. The van der Waals surface area contributed by atoms with Crippen LogP contribution in [0.2, 0.25) is 0 Å². The summed E-state index contributed by atoms with van der Waals surface area (Å²) in [4.78, 5) is 2.28. The summed E-state index contributed by atoms with van der Waals surface area (Å²) in [6.07, 6.45) is 6.27. The van der Waals surface area contributed by atoms with E-state index >= 15 is 0 Å². The van der Waals surface area contributed by atoms with Crippen LogP contribution in [0.15, 0.2) is 24.3 Å². The zero-order valence-electron chi connectivity index (χ0n) is 17.1. The minimum absolute atomic E-state index is 0. The largest absolute Gasteiger partial charge is 0.301 e. The molecule has 1 aromatic carbocycles. The van der Waals surface area contributed by atoms with Gasteiger partial charge in [0.15, 0.2) is 0 Å². The second-order valence-corrected chi connectivity index (χ2v) is 10.0. The van der Waals surface area contributed by atoms with Crippen molar-refractivity contribution in [2.75, 3.05) is 26.3 Å². The number of piperidine rings is 1. The van der Waals surface area contributed by atoms with Crippen LogP contribution in [0.1, 0.15) is 82.8 Å². The molecule has 26 heavy (non-hydrogen) atoms. The van der Waals surface area contributed by atoms with E-state index in [-0.39, 0.29) is 19.1 Å². The third kappa shape index (κ3) is 5.23. The van der Waals surface area contributed by atoms with Gasteiger partial charge in [-0.25, -0.2) is 4.39 Å². The number of hydrogen-bond acceptors (Lipinski definition) is 1. The Morgan fingerprint density at radius 2 is 1.42 bits per heavy atom. The maximum absolute atomic E-state index is 12.6. The fourth-order valence-electron chi connectivity index (χ4n) is 5.91. The number of likely N-dealkylation sites (tertiary alicyclic amines) is 1. The van der Waals surface area contributed by atoms with E-state index in [2.05, 4.69) is 56.9 Å². The lowest BCUT2D eigenvalue weighted by molar-refractivity contribution is 0.0962. The summed E-state index contributed by atoms with van der Waals surface area (Å²) in [5, 5.41) is 0. The molecule has 0 N–H and O–H groups in total. The lowest BCUT2D eigenvalue weighted by atomic mass is 9.59. The second-order valence-electron chi connectivity index (χ2n) is 10.0. The Hall–Kier alpha value is -0.600. The summed E-state index contributed by atoms with van der Waals surface area (Å²) >= 11 is 0. The number of rotatable bonds is 4. The van der Waals surface area contributed by atoms with Crippen molar-refractivity contribution >= 4 is 12.4 Å². The molecule has 1 saturated carbocycles. The maximum Gasteiger partial charge on any atom is 0.102 e. The number of halogens is 2. The van der Waals surface area contributed by atoms with Gasteiger partial charge in [0, 0.05) is 6.54 Å².